The van der Waals surface area contributed by atoms with Crippen LogP contribution >= 0.6 is 0 Å². The van der Waals surface area contributed by atoms with Crippen molar-refractivity contribution < 1.29 is 19.2 Å². The zero-order valence-corrected chi connectivity index (χ0v) is 15.7. The molecule has 3 rings (SSSR count). The molecular formula is C20H21N3O5. The number of para-hydroxylation sites is 2. The molecule has 0 spiro atoms. The maximum absolute atomic E-state index is 12.8. The van der Waals surface area contributed by atoms with E-state index in [1.807, 2.05) is 38.1 Å². The number of hydrogen-bond acceptors (Lipinski definition) is 6. The summed E-state index contributed by atoms with van der Waals surface area (Å²) in [5, 5.41) is 14.0. The van der Waals surface area contributed by atoms with Crippen molar-refractivity contribution in [1.29, 1.82) is 0 Å². The van der Waals surface area contributed by atoms with Crippen molar-refractivity contribution in [2.45, 2.75) is 25.8 Å². The van der Waals surface area contributed by atoms with Gasteiger partial charge in [-0.05, 0) is 38.5 Å². The summed E-state index contributed by atoms with van der Waals surface area (Å²) in [6, 6.07) is 12.9. The first kappa shape index (κ1) is 19.3. The molecule has 0 saturated heterocycles. The average Bonchev–Trinajstić information content (AvgIpc) is 2.67. The predicted octanol–water partition coefficient (Wildman–Crippen LogP) is 3.38. The second kappa shape index (κ2) is 7.67. The Kier molecular flexibility index (Phi) is 5.30. The van der Waals surface area contributed by atoms with Gasteiger partial charge in [0.2, 0.25) is 0 Å². The van der Waals surface area contributed by atoms with Gasteiger partial charge in [-0.15, -0.1) is 0 Å². The molecule has 0 aliphatic carbocycles. The minimum Gasteiger partial charge on any atom is -0.462 e. The number of fused-ring (bicyclic) bond motifs is 1. The van der Waals surface area contributed by atoms with Gasteiger partial charge in [-0.3, -0.25) is 14.9 Å². The van der Waals surface area contributed by atoms with Crippen LogP contribution in [0.25, 0.3) is 0 Å². The summed E-state index contributed by atoms with van der Waals surface area (Å²) >= 11 is 0. The molecular weight excluding hydrogens is 362 g/mol. The van der Waals surface area contributed by atoms with Crippen molar-refractivity contribution in [2.75, 3.05) is 23.4 Å². The summed E-state index contributed by atoms with van der Waals surface area (Å²) in [5.41, 5.74) is 0.893. The molecule has 0 aromatic heterocycles. The minimum atomic E-state index is -0.728. The van der Waals surface area contributed by atoms with E-state index in [-0.39, 0.29) is 23.8 Å². The normalized spacial score (nSPS) is 14.8. The molecule has 1 N–H and O–H groups in total. The lowest BCUT2D eigenvalue weighted by atomic mass is 9.98. The second-order valence-corrected chi connectivity index (χ2v) is 7.02. The highest BCUT2D eigenvalue weighted by atomic mass is 16.6. The highest BCUT2D eigenvalue weighted by Gasteiger charge is 2.38. The third-order valence-electron chi connectivity index (χ3n) is 4.47. The second-order valence-electron chi connectivity index (χ2n) is 7.02. The predicted molar refractivity (Wildman–Crippen MR) is 104 cm³/mol. The van der Waals surface area contributed by atoms with Gasteiger partial charge >= 0.3 is 5.97 Å². The van der Waals surface area contributed by atoms with Crippen LogP contribution in [-0.2, 0) is 9.53 Å². The number of nitro groups is 1. The fourth-order valence-corrected chi connectivity index (χ4v) is 3.09. The Balaban J connectivity index is 1.60. The van der Waals surface area contributed by atoms with Crippen molar-refractivity contribution in [3.05, 3.63) is 64.2 Å². The smallest absolute Gasteiger partial charge is 0.338 e. The van der Waals surface area contributed by atoms with Gasteiger partial charge in [-0.2, -0.15) is 0 Å². The summed E-state index contributed by atoms with van der Waals surface area (Å²) in [5.74, 6) is -0.688. The number of nitrogens with zero attached hydrogens (tertiary/aromatic N) is 2. The SMILES string of the molecule is CC1(C)Nc2ccccc2N(CCCOC(=O)c2cccc([N+](=O)[O-])c2)C1=O. The quantitative estimate of drug-likeness (QED) is 0.355. The van der Waals surface area contributed by atoms with Crippen molar-refractivity contribution in [3.63, 3.8) is 0 Å². The van der Waals surface area contributed by atoms with Crippen LogP contribution < -0.4 is 10.2 Å². The Labute approximate surface area is 162 Å². The minimum absolute atomic E-state index is 0.0591. The van der Waals surface area contributed by atoms with E-state index in [9.17, 15) is 19.7 Å². The van der Waals surface area contributed by atoms with Gasteiger partial charge in [0.05, 0.1) is 28.5 Å². The molecule has 1 aliphatic rings. The zero-order valence-electron chi connectivity index (χ0n) is 15.7. The van der Waals surface area contributed by atoms with E-state index in [4.69, 9.17) is 4.74 Å². The van der Waals surface area contributed by atoms with Gasteiger partial charge in [0.15, 0.2) is 0 Å². The van der Waals surface area contributed by atoms with E-state index in [0.717, 1.165) is 11.4 Å². The fourth-order valence-electron chi connectivity index (χ4n) is 3.09. The Hall–Kier alpha value is -3.42. The van der Waals surface area contributed by atoms with E-state index >= 15 is 0 Å². The highest BCUT2D eigenvalue weighted by Crippen LogP contribution is 2.34. The Morgan fingerprint density at radius 1 is 1.21 bits per heavy atom. The number of nitrogens with one attached hydrogen (secondary N) is 1. The molecule has 0 bridgehead atoms. The number of nitro benzene ring substituents is 1. The zero-order chi connectivity index (χ0) is 20.3. The number of amides is 1. The monoisotopic (exact) mass is 383 g/mol. The molecule has 8 heteroatoms. The number of anilines is 2. The summed E-state index contributed by atoms with van der Waals surface area (Å²) in [7, 11) is 0. The van der Waals surface area contributed by atoms with E-state index in [1.165, 1.54) is 24.3 Å². The lowest BCUT2D eigenvalue weighted by molar-refractivity contribution is -0.384. The van der Waals surface area contributed by atoms with E-state index in [0.29, 0.717) is 13.0 Å². The van der Waals surface area contributed by atoms with Gasteiger partial charge in [0, 0.05) is 18.7 Å². The van der Waals surface area contributed by atoms with Crippen LogP contribution in [0.15, 0.2) is 48.5 Å². The van der Waals surface area contributed by atoms with Crippen LogP contribution in [-0.4, -0.2) is 35.5 Å². The van der Waals surface area contributed by atoms with Gasteiger partial charge < -0.3 is 15.0 Å². The Morgan fingerprint density at radius 2 is 1.96 bits per heavy atom. The summed E-state index contributed by atoms with van der Waals surface area (Å²) in [6.45, 7) is 4.13. The third-order valence-corrected chi connectivity index (χ3v) is 4.47. The molecule has 146 valence electrons. The average molecular weight is 383 g/mol. The van der Waals surface area contributed by atoms with Gasteiger partial charge in [-0.1, -0.05) is 18.2 Å². The van der Waals surface area contributed by atoms with Crippen molar-refractivity contribution in [3.8, 4) is 0 Å². The largest absolute Gasteiger partial charge is 0.462 e. The number of benzene rings is 2. The Bertz CT molecular complexity index is 926. The topological polar surface area (TPSA) is 102 Å². The number of rotatable bonds is 6. The molecule has 28 heavy (non-hydrogen) atoms. The molecule has 0 fully saturated rings. The highest BCUT2D eigenvalue weighted by molar-refractivity contribution is 6.07. The van der Waals surface area contributed by atoms with Crippen LogP contribution in [0.3, 0.4) is 0 Å². The number of hydrogen-bond donors (Lipinski definition) is 1. The summed E-state index contributed by atoms with van der Waals surface area (Å²) < 4.78 is 5.21. The lowest BCUT2D eigenvalue weighted by Gasteiger charge is -2.39. The van der Waals surface area contributed by atoms with Crippen molar-refractivity contribution in [2.24, 2.45) is 0 Å². The summed E-state index contributed by atoms with van der Waals surface area (Å²) in [4.78, 5) is 36.8. The van der Waals surface area contributed by atoms with E-state index in [2.05, 4.69) is 5.32 Å². The van der Waals surface area contributed by atoms with Crippen LogP contribution in [0.4, 0.5) is 17.1 Å². The third kappa shape index (κ3) is 3.95. The molecule has 1 heterocycles. The standard InChI is InChI=1S/C20H21N3O5/c1-20(2)19(25)22(17-10-4-3-9-16(17)21-20)11-6-12-28-18(24)14-7-5-8-15(13-14)23(26)27/h3-5,7-10,13,21H,6,11-12H2,1-2H3. The van der Waals surface area contributed by atoms with Crippen molar-refractivity contribution in [1.82, 2.24) is 0 Å². The number of non-ortho nitro benzene ring substituents is 1. The molecule has 8 nitrogen and oxygen atoms in total. The van der Waals surface area contributed by atoms with Crippen LogP contribution in [0.5, 0.6) is 0 Å². The first-order chi connectivity index (χ1) is 13.3. The van der Waals surface area contributed by atoms with Crippen LogP contribution in [0, 0.1) is 10.1 Å². The first-order valence-electron chi connectivity index (χ1n) is 8.90. The van der Waals surface area contributed by atoms with E-state index in [1.54, 1.807) is 4.90 Å². The molecule has 1 amide bonds. The maximum atomic E-state index is 12.8. The molecule has 0 unspecified atom stereocenters. The van der Waals surface area contributed by atoms with Crippen LogP contribution in [0.1, 0.15) is 30.6 Å². The van der Waals surface area contributed by atoms with Crippen molar-refractivity contribution >= 4 is 28.9 Å². The molecule has 2 aromatic carbocycles. The molecule has 0 atom stereocenters. The molecule has 1 aliphatic heterocycles. The van der Waals surface area contributed by atoms with E-state index < -0.39 is 16.4 Å². The van der Waals surface area contributed by atoms with Gasteiger partial charge in [0.1, 0.15) is 5.54 Å². The molecule has 2 aromatic rings. The molecule has 0 radical (unpaired) electrons. The molecule has 0 saturated carbocycles. The maximum Gasteiger partial charge on any atom is 0.338 e. The number of carbonyl (C=O) groups is 2. The summed E-state index contributed by atoms with van der Waals surface area (Å²) in [6.07, 6.45) is 0.441. The number of carbonyl (C=O) groups excluding carboxylic acids is 2. The lowest BCUT2D eigenvalue weighted by Crippen LogP contribution is -2.54. The Morgan fingerprint density at radius 3 is 2.71 bits per heavy atom. The van der Waals surface area contributed by atoms with Gasteiger partial charge in [-0.25, -0.2) is 4.79 Å². The van der Waals surface area contributed by atoms with Gasteiger partial charge in [0.25, 0.3) is 11.6 Å². The first-order valence-corrected chi connectivity index (χ1v) is 8.90. The fraction of sp³-hybridized carbons (Fsp3) is 0.300. The number of esters is 1. The number of ether oxygens (including phenoxy) is 1. The van der Waals surface area contributed by atoms with Crippen LogP contribution in [0.2, 0.25) is 0 Å².